The zero-order chi connectivity index (χ0) is 14.8. The van der Waals surface area contributed by atoms with E-state index in [0.717, 1.165) is 23.4 Å². The van der Waals surface area contributed by atoms with Gasteiger partial charge in [-0.25, -0.2) is 0 Å². The average molecular weight is 268 g/mol. The lowest BCUT2D eigenvalue weighted by Gasteiger charge is -2.22. The van der Waals surface area contributed by atoms with Crippen molar-refractivity contribution in [3.8, 4) is 6.07 Å². The molecule has 0 aliphatic heterocycles. The van der Waals surface area contributed by atoms with E-state index in [1.54, 1.807) is 0 Å². The third-order valence-electron chi connectivity index (χ3n) is 3.77. The molecule has 2 rings (SSSR count). The molecule has 1 heterocycles. The van der Waals surface area contributed by atoms with E-state index >= 15 is 0 Å². The predicted octanol–water partition coefficient (Wildman–Crippen LogP) is 2.44. The summed E-state index contributed by atoms with van der Waals surface area (Å²) in [6.45, 7) is 6.50. The molecule has 0 aliphatic rings. The Balaban J connectivity index is 2.39. The lowest BCUT2D eigenvalue weighted by Crippen LogP contribution is -2.40. The lowest BCUT2D eigenvalue weighted by molar-refractivity contribution is 0.433. The molecule has 0 radical (unpaired) electrons. The molecule has 0 saturated carbocycles. The highest BCUT2D eigenvalue weighted by Crippen LogP contribution is 2.22. The van der Waals surface area contributed by atoms with E-state index in [1.807, 2.05) is 48.9 Å². The number of nitrogens with zero attached hydrogens (tertiary/aromatic N) is 3. The number of hydrogen-bond acceptors (Lipinski definition) is 3. The first-order valence-electron chi connectivity index (χ1n) is 6.80. The molecule has 2 N–H and O–H groups in total. The van der Waals surface area contributed by atoms with Crippen LogP contribution in [0.25, 0.3) is 0 Å². The maximum absolute atomic E-state index is 9.51. The van der Waals surface area contributed by atoms with Crippen LogP contribution in [0.3, 0.4) is 0 Å². The van der Waals surface area contributed by atoms with Crippen molar-refractivity contribution < 1.29 is 0 Å². The van der Waals surface area contributed by atoms with Gasteiger partial charge < -0.3 is 5.73 Å². The number of aromatic nitrogens is 2. The van der Waals surface area contributed by atoms with Gasteiger partial charge in [-0.3, -0.25) is 4.68 Å². The molecule has 2 aromatic rings. The van der Waals surface area contributed by atoms with Gasteiger partial charge in [0.15, 0.2) is 0 Å². The molecule has 0 amide bonds. The van der Waals surface area contributed by atoms with Crippen molar-refractivity contribution in [2.45, 2.75) is 39.3 Å². The van der Waals surface area contributed by atoms with Gasteiger partial charge in [0.05, 0.1) is 18.3 Å². The van der Waals surface area contributed by atoms with Gasteiger partial charge in [0, 0.05) is 5.69 Å². The summed E-state index contributed by atoms with van der Waals surface area (Å²) in [6.07, 6.45) is 0.938. The summed E-state index contributed by atoms with van der Waals surface area (Å²) in [7, 11) is 0. The fourth-order valence-electron chi connectivity index (χ4n) is 2.56. The summed E-state index contributed by atoms with van der Waals surface area (Å²) in [5, 5.41) is 14.0. The van der Waals surface area contributed by atoms with Crippen LogP contribution < -0.4 is 5.73 Å². The second-order valence-electron chi connectivity index (χ2n) is 5.11. The summed E-state index contributed by atoms with van der Waals surface area (Å²) in [6, 6.07) is 11.7. The summed E-state index contributed by atoms with van der Waals surface area (Å²) < 4.78 is 1.85. The Morgan fingerprint density at radius 3 is 2.45 bits per heavy atom. The van der Waals surface area contributed by atoms with Crippen molar-refractivity contribution in [3.63, 3.8) is 0 Å². The molecule has 1 aromatic heterocycles. The SMILES string of the molecule is CCc1c(C)nn(CC(N)(C#N)c2ccccc2)c1C. The van der Waals surface area contributed by atoms with Crippen molar-refractivity contribution in [2.24, 2.45) is 5.73 Å². The molecule has 4 heteroatoms. The Bertz CT molecular complexity index is 636. The van der Waals surface area contributed by atoms with Crippen molar-refractivity contribution >= 4 is 0 Å². The Labute approximate surface area is 119 Å². The number of nitrogens with two attached hydrogens (primary N) is 1. The highest BCUT2D eigenvalue weighted by molar-refractivity contribution is 5.31. The Kier molecular flexibility index (Phi) is 3.91. The van der Waals surface area contributed by atoms with Gasteiger partial charge in [-0.2, -0.15) is 10.4 Å². The summed E-state index contributed by atoms with van der Waals surface area (Å²) in [5.41, 5.74) is 9.39. The normalized spacial score (nSPS) is 13.8. The number of aryl methyl sites for hydroxylation is 1. The Morgan fingerprint density at radius 2 is 1.95 bits per heavy atom. The van der Waals surface area contributed by atoms with Gasteiger partial charge in [-0.1, -0.05) is 37.3 Å². The number of rotatable bonds is 4. The highest BCUT2D eigenvalue weighted by atomic mass is 15.3. The van der Waals surface area contributed by atoms with Crippen LogP contribution in [0.1, 0.15) is 29.4 Å². The van der Waals surface area contributed by atoms with E-state index < -0.39 is 5.54 Å². The Hall–Kier alpha value is -2.12. The van der Waals surface area contributed by atoms with Crippen LogP contribution in [0, 0.1) is 25.2 Å². The summed E-state index contributed by atoms with van der Waals surface area (Å²) >= 11 is 0. The van der Waals surface area contributed by atoms with Gasteiger partial charge >= 0.3 is 0 Å². The molecule has 0 fully saturated rings. The second-order valence-corrected chi connectivity index (χ2v) is 5.11. The zero-order valence-electron chi connectivity index (χ0n) is 12.2. The van der Waals surface area contributed by atoms with Crippen LogP contribution in [0.5, 0.6) is 0 Å². The predicted molar refractivity (Wildman–Crippen MR) is 79.0 cm³/mol. The molecule has 1 aromatic carbocycles. The first-order valence-corrected chi connectivity index (χ1v) is 6.80. The highest BCUT2D eigenvalue weighted by Gasteiger charge is 2.29. The fourth-order valence-corrected chi connectivity index (χ4v) is 2.56. The van der Waals surface area contributed by atoms with Gasteiger partial charge in [-0.15, -0.1) is 0 Å². The van der Waals surface area contributed by atoms with Gasteiger partial charge in [0.25, 0.3) is 0 Å². The number of hydrogen-bond donors (Lipinski definition) is 1. The van der Waals surface area contributed by atoms with E-state index in [0.29, 0.717) is 6.54 Å². The van der Waals surface area contributed by atoms with Crippen molar-refractivity contribution in [2.75, 3.05) is 0 Å². The molecule has 1 atom stereocenters. The monoisotopic (exact) mass is 268 g/mol. The molecule has 0 saturated heterocycles. The smallest absolute Gasteiger partial charge is 0.149 e. The summed E-state index contributed by atoms with van der Waals surface area (Å²) in [4.78, 5) is 0. The van der Waals surface area contributed by atoms with E-state index in [9.17, 15) is 5.26 Å². The molecule has 0 spiro atoms. The Morgan fingerprint density at radius 1 is 1.30 bits per heavy atom. The van der Waals surface area contributed by atoms with Crippen LogP contribution in [-0.2, 0) is 18.5 Å². The van der Waals surface area contributed by atoms with Crippen LogP contribution in [0.15, 0.2) is 30.3 Å². The topological polar surface area (TPSA) is 67.6 Å². The maximum Gasteiger partial charge on any atom is 0.149 e. The standard InChI is InChI=1S/C16H20N4/c1-4-15-12(2)19-20(13(15)3)11-16(18,10-17)14-8-6-5-7-9-14/h5-9H,4,11,18H2,1-3H3. The van der Waals surface area contributed by atoms with Crippen LogP contribution in [0.2, 0.25) is 0 Å². The van der Waals surface area contributed by atoms with E-state index in [2.05, 4.69) is 18.1 Å². The van der Waals surface area contributed by atoms with Gasteiger partial charge in [0.2, 0.25) is 0 Å². The molecule has 104 valence electrons. The largest absolute Gasteiger partial charge is 0.308 e. The van der Waals surface area contributed by atoms with E-state index in [1.165, 1.54) is 5.56 Å². The van der Waals surface area contributed by atoms with Crippen LogP contribution >= 0.6 is 0 Å². The third-order valence-corrected chi connectivity index (χ3v) is 3.77. The maximum atomic E-state index is 9.51. The van der Waals surface area contributed by atoms with E-state index in [-0.39, 0.29) is 0 Å². The quantitative estimate of drug-likeness (QED) is 0.926. The van der Waals surface area contributed by atoms with Crippen LogP contribution in [0.4, 0.5) is 0 Å². The minimum atomic E-state index is -1.06. The fraction of sp³-hybridized carbons (Fsp3) is 0.375. The molecule has 1 unspecified atom stereocenters. The number of benzene rings is 1. The van der Waals surface area contributed by atoms with Crippen LogP contribution in [-0.4, -0.2) is 9.78 Å². The molecule has 20 heavy (non-hydrogen) atoms. The average Bonchev–Trinajstić information content (AvgIpc) is 2.73. The van der Waals surface area contributed by atoms with Gasteiger partial charge in [0.1, 0.15) is 5.54 Å². The minimum absolute atomic E-state index is 0.361. The summed E-state index contributed by atoms with van der Waals surface area (Å²) in [5.74, 6) is 0. The molecule has 4 nitrogen and oxygen atoms in total. The third kappa shape index (κ3) is 2.45. The molecular weight excluding hydrogens is 248 g/mol. The number of nitriles is 1. The second kappa shape index (κ2) is 5.48. The zero-order valence-corrected chi connectivity index (χ0v) is 12.2. The van der Waals surface area contributed by atoms with E-state index in [4.69, 9.17) is 5.73 Å². The first kappa shape index (κ1) is 14.3. The first-order chi connectivity index (χ1) is 9.51. The van der Waals surface area contributed by atoms with Crippen molar-refractivity contribution in [1.29, 1.82) is 5.26 Å². The van der Waals surface area contributed by atoms with Gasteiger partial charge in [-0.05, 0) is 31.4 Å². The molecular formula is C16H20N4. The lowest BCUT2D eigenvalue weighted by atomic mass is 9.92. The van der Waals surface area contributed by atoms with Crippen molar-refractivity contribution in [3.05, 3.63) is 52.8 Å². The van der Waals surface area contributed by atoms with Crippen molar-refractivity contribution in [1.82, 2.24) is 9.78 Å². The molecule has 0 bridgehead atoms. The molecule has 0 aliphatic carbocycles. The minimum Gasteiger partial charge on any atom is -0.308 e.